The van der Waals surface area contributed by atoms with Crippen molar-refractivity contribution in [1.82, 2.24) is 15.1 Å². The van der Waals surface area contributed by atoms with Crippen LogP contribution in [0.3, 0.4) is 0 Å². The van der Waals surface area contributed by atoms with Crippen molar-refractivity contribution >= 4 is 5.91 Å². The van der Waals surface area contributed by atoms with Gasteiger partial charge in [0, 0.05) is 25.7 Å². The van der Waals surface area contributed by atoms with Gasteiger partial charge in [0.2, 0.25) is 5.91 Å². The van der Waals surface area contributed by atoms with Crippen LogP contribution in [-0.2, 0) is 4.79 Å². The molecule has 18 heavy (non-hydrogen) atoms. The maximum absolute atomic E-state index is 12.5. The fraction of sp³-hybridized carbons (Fsp3) is 0.929. The molecule has 0 bridgehead atoms. The quantitative estimate of drug-likeness (QED) is 0.812. The predicted octanol–water partition coefficient (Wildman–Crippen LogP) is 0.927. The summed E-state index contributed by atoms with van der Waals surface area (Å²) in [6.07, 6.45) is 4.66. The Labute approximate surface area is 111 Å². The molecule has 1 amide bonds. The van der Waals surface area contributed by atoms with Gasteiger partial charge in [0.25, 0.3) is 0 Å². The van der Waals surface area contributed by atoms with Crippen molar-refractivity contribution in [3.8, 4) is 0 Å². The number of amides is 1. The van der Waals surface area contributed by atoms with Crippen LogP contribution >= 0.6 is 0 Å². The van der Waals surface area contributed by atoms with Crippen LogP contribution in [0, 0.1) is 5.92 Å². The van der Waals surface area contributed by atoms with Crippen LogP contribution in [-0.4, -0.2) is 61.5 Å². The van der Waals surface area contributed by atoms with Crippen LogP contribution in [0.5, 0.6) is 0 Å². The van der Waals surface area contributed by atoms with Crippen LogP contribution in [0.25, 0.3) is 0 Å². The van der Waals surface area contributed by atoms with Gasteiger partial charge in [-0.2, -0.15) is 0 Å². The maximum atomic E-state index is 12.5. The Morgan fingerprint density at radius 2 is 2.17 bits per heavy atom. The van der Waals surface area contributed by atoms with Crippen LogP contribution < -0.4 is 5.32 Å². The van der Waals surface area contributed by atoms with Gasteiger partial charge in [-0.3, -0.25) is 4.79 Å². The highest BCUT2D eigenvalue weighted by molar-refractivity contribution is 5.79. The number of hydrogen-bond acceptors (Lipinski definition) is 3. The average Bonchev–Trinajstić information content (AvgIpc) is 2.75. The summed E-state index contributed by atoms with van der Waals surface area (Å²) < 4.78 is 0. The van der Waals surface area contributed by atoms with Gasteiger partial charge in [0.15, 0.2) is 0 Å². The Bertz CT molecular complexity index is 295. The largest absolute Gasteiger partial charge is 0.344 e. The lowest BCUT2D eigenvalue weighted by Gasteiger charge is -2.34. The summed E-state index contributed by atoms with van der Waals surface area (Å²) in [6.45, 7) is 5.25. The van der Waals surface area contributed by atoms with Gasteiger partial charge in [-0.05, 0) is 52.7 Å². The van der Waals surface area contributed by atoms with Gasteiger partial charge < -0.3 is 15.1 Å². The Balaban J connectivity index is 1.87. The van der Waals surface area contributed by atoms with E-state index in [2.05, 4.69) is 24.2 Å². The summed E-state index contributed by atoms with van der Waals surface area (Å²) in [7, 11) is 4.14. The maximum Gasteiger partial charge on any atom is 0.227 e. The molecule has 3 unspecified atom stereocenters. The Morgan fingerprint density at radius 3 is 2.78 bits per heavy atom. The topological polar surface area (TPSA) is 35.6 Å². The summed E-state index contributed by atoms with van der Waals surface area (Å²) >= 11 is 0. The lowest BCUT2D eigenvalue weighted by atomic mass is 9.90. The number of carbonyl (C=O) groups is 1. The second-order valence-corrected chi connectivity index (χ2v) is 5.99. The summed E-state index contributed by atoms with van der Waals surface area (Å²) in [5, 5.41) is 3.41. The molecule has 104 valence electrons. The molecule has 2 fully saturated rings. The van der Waals surface area contributed by atoms with Gasteiger partial charge >= 0.3 is 0 Å². The van der Waals surface area contributed by atoms with Crippen LogP contribution in [0.1, 0.15) is 32.6 Å². The highest BCUT2D eigenvalue weighted by Crippen LogP contribution is 2.20. The van der Waals surface area contributed by atoms with Gasteiger partial charge in [-0.25, -0.2) is 0 Å². The molecular formula is C14H27N3O. The Kier molecular flexibility index (Phi) is 4.62. The van der Waals surface area contributed by atoms with Crippen molar-refractivity contribution in [1.29, 1.82) is 0 Å². The number of nitrogens with zero attached hydrogens (tertiary/aromatic N) is 2. The third-order valence-corrected chi connectivity index (χ3v) is 4.61. The van der Waals surface area contributed by atoms with Crippen molar-refractivity contribution in [2.45, 2.75) is 44.7 Å². The zero-order chi connectivity index (χ0) is 13.1. The molecule has 0 aromatic carbocycles. The van der Waals surface area contributed by atoms with Crippen molar-refractivity contribution in [3.63, 3.8) is 0 Å². The Morgan fingerprint density at radius 1 is 1.39 bits per heavy atom. The third-order valence-electron chi connectivity index (χ3n) is 4.61. The van der Waals surface area contributed by atoms with E-state index >= 15 is 0 Å². The number of piperidine rings is 1. The SMILES string of the molecule is CC1NCCCC1C(=O)N(C)CC1CCCN1C. The van der Waals surface area contributed by atoms with E-state index in [1.807, 2.05) is 11.9 Å². The molecule has 2 saturated heterocycles. The van der Waals surface area contributed by atoms with E-state index in [1.54, 1.807) is 0 Å². The third kappa shape index (κ3) is 3.04. The smallest absolute Gasteiger partial charge is 0.227 e. The molecule has 4 heteroatoms. The van der Waals surface area contributed by atoms with E-state index in [1.165, 1.54) is 19.4 Å². The molecule has 2 aliphatic heterocycles. The van der Waals surface area contributed by atoms with E-state index in [-0.39, 0.29) is 5.92 Å². The summed E-state index contributed by atoms with van der Waals surface area (Å²) in [6, 6.07) is 0.890. The van der Waals surface area contributed by atoms with Gasteiger partial charge in [-0.1, -0.05) is 0 Å². The first kappa shape index (κ1) is 13.8. The molecule has 0 aromatic heterocycles. The van der Waals surface area contributed by atoms with Crippen molar-refractivity contribution in [2.75, 3.05) is 33.7 Å². The van der Waals surface area contributed by atoms with Crippen LogP contribution in [0.2, 0.25) is 0 Å². The number of hydrogen-bond donors (Lipinski definition) is 1. The first-order valence-electron chi connectivity index (χ1n) is 7.28. The second kappa shape index (κ2) is 6.02. The number of nitrogens with one attached hydrogen (secondary N) is 1. The predicted molar refractivity (Wildman–Crippen MR) is 73.5 cm³/mol. The van der Waals surface area contributed by atoms with Crippen molar-refractivity contribution in [2.24, 2.45) is 5.92 Å². The Hall–Kier alpha value is -0.610. The molecule has 2 aliphatic rings. The molecule has 0 spiro atoms. The molecule has 3 atom stereocenters. The molecule has 0 aromatic rings. The fourth-order valence-electron chi connectivity index (χ4n) is 3.28. The minimum Gasteiger partial charge on any atom is -0.344 e. The minimum atomic E-state index is 0.176. The minimum absolute atomic E-state index is 0.176. The zero-order valence-corrected chi connectivity index (χ0v) is 12.0. The normalized spacial score (nSPS) is 33.6. The molecule has 2 rings (SSSR count). The zero-order valence-electron chi connectivity index (χ0n) is 12.0. The molecular weight excluding hydrogens is 226 g/mol. The number of carbonyl (C=O) groups excluding carboxylic acids is 1. The van der Waals surface area contributed by atoms with Crippen molar-refractivity contribution in [3.05, 3.63) is 0 Å². The molecule has 4 nitrogen and oxygen atoms in total. The highest BCUT2D eigenvalue weighted by atomic mass is 16.2. The van der Waals surface area contributed by atoms with Crippen LogP contribution in [0.4, 0.5) is 0 Å². The molecule has 0 radical (unpaired) electrons. The van der Waals surface area contributed by atoms with E-state index in [0.717, 1.165) is 25.9 Å². The van der Waals surface area contributed by atoms with Gasteiger partial charge in [0.05, 0.1) is 5.92 Å². The van der Waals surface area contributed by atoms with E-state index in [0.29, 0.717) is 18.0 Å². The lowest BCUT2D eigenvalue weighted by Crippen LogP contribution is -2.49. The lowest BCUT2D eigenvalue weighted by molar-refractivity contribution is -0.136. The molecule has 1 N–H and O–H groups in total. The van der Waals surface area contributed by atoms with Crippen molar-refractivity contribution < 1.29 is 4.79 Å². The first-order valence-corrected chi connectivity index (χ1v) is 7.28. The summed E-state index contributed by atoms with van der Waals surface area (Å²) in [4.78, 5) is 16.8. The van der Waals surface area contributed by atoms with E-state index in [4.69, 9.17) is 0 Å². The monoisotopic (exact) mass is 253 g/mol. The molecule has 0 saturated carbocycles. The van der Waals surface area contributed by atoms with Crippen LogP contribution in [0.15, 0.2) is 0 Å². The summed E-state index contributed by atoms with van der Waals surface area (Å²) in [5.41, 5.74) is 0. The second-order valence-electron chi connectivity index (χ2n) is 5.99. The highest BCUT2D eigenvalue weighted by Gasteiger charge is 2.31. The number of rotatable bonds is 3. The molecule has 0 aliphatic carbocycles. The number of likely N-dealkylation sites (N-methyl/N-ethyl adjacent to an activating group) is 2. The van der Waals surface area contributed by atoms with E-state index in [9.17, 15) is 4.79 Å². The first-order chi connectivity index (χ1) is 8.59. The summed E-state index contributed by atoms with van der Waals surface area (Å²) in [5.74, 6) is 0.505. The van der Waals surface area contributed by atoms with Gasteiger partial charge in [-0.15, -0.1) is 0 Å². The number of likely N-dealkylation sites (tertiary alicyclic amines) is 1. The standard InChI is InChI=1S/C14H27N3O/c1-11-13(7-4-8-15-11)14(18)17(3)10-12-6-5-9-16(12)2/h11-13,15H,4-10H2,1-3H3. The fourth-order valence-corrected chi connectivity index (χ4v) is 3.28. The molecule has 2 heterocycles. The van der Waals surface area contributed by atoms with Gasteiger partial charge in [0.1, 0.15) is 0 Å². The van der Waals surface area contributed by atoms with E-state index < -0.39 is 0 Å². The average molecular weight is 253 g/mol.